The van der Waals surface area contributed by atoms with Gasteiger partial charge in [0.2, 0.25) is 0 Å². The summed E-state index contributed by atoms with van der Waals surface area (Å²) in [4.78, 5) is 4.74. The van der Waals surface area contributed by atoms with E-state index in [4.69, 9.17) is 4.98 Å². The summed E-state index contributed by atoms with van der Waals surface area (Å²) in [5.41, 5.74) is 4.73. The Hall–Kier alpha value is -2.35. The highest BCUT2D eigenvalue weighted by atomic mass is 15.0. The van der Waals surface area contributed by atoms with E-state index in [1.54, 1.807) is 0 Å². The number of rotatable bonds is 3. The van der Waals surface area contributed by atoms with Gasteiger partial charge in [0.1, 0.15) is 5.82 Å². The molecule has 3 rings (SSSR count). The van der Waals surface area contributed by atoms with Crippen molar-refractivity contribution < 1.29 is 0 Å². The van der Waals surface area contributed by atoms with Gasteiger partial charge >= 0.3 is 0 Å². The van der Waals surface area contributed by atoms with E-state index < -0.39 is 0 Å². The Kier molecular flexibility index (Phi) is 3.38. The Morgan fingerprint density at radius 3 is 2.55 bits per heavy atom. The van der Waals surface area contributed by atoms with Crippen LogP contribution in [0.15, 0.2) is 54.6 Å². The number of nitrogens with one attached hydrogen (secondary N) is 1. The van der Waals surface area contributed by atoms with E-state index >= 15 is 0 Å². The fourth-order valence-electron chi connectivity index (χ4n) is 2.34. The zero-order valence-corrected chi connectivity index (χ0v) is 11.9. The summed E-state index contributed by atoms with van der Waals surface area (Å²) in [6.07, 6.45) is 0. The number of pyridine rings is 1. The predicted molar refractivity (Wildman–Crippen MR) is 85.0 cm³/mol. The Bertz CT molecular complexity index is 733. The molecule has 0 aliphatic carbocycles. The first-order valence-corrected chi connectivity index (χ1v) is 6.88. The second-order valence-corrected chi connectivity index (χ2v) is 5.19. The van der Waals surface area contributed by atoms with Gasteiger partial charge in [-0.2, -0.15) is 0 Å². The Labute approximate surface area is 119 Å². The number of aromatic nitrogens is 1. The van der Waals surface area contributed by atoms with Crippen molar-refractivity contribution in [1.29, 1.82) is 0 Å². The summed E-state index contributed by atoms with van der Waals surface area (Å²) in [7, 11) is 0. The molecule has 0 radical (unpaired) electrons. The smallest absolute Gasteiger partial charge is 0.129 e. The Balaban J connectivity index is 1.89. The molecule has 0 amide bonds. The molecule has 0 atom stereocenters. The molecule has 2 aromatic carbocycles. The second-order valence-electron chi connectivity index (χ2n) is 5.19. The van der Waals surface area contributed by atoms with E-state index in [9.17, 15) is 0 Å². The lowest BCUT2D eigenvalue weighted by Crippen LogP contribution is -2.03. The fraction of sp³-hybridized carbons (Fsp3) is 0.167. The molecule has 0 unspecified atom stereocenters. The van der Waals surface area contributed by atoms with Gasteiger partial charge < -0.3 is 5.32 Å². The van der Waals surface area contributed by atoms with Crippen LogP contribution in [0.3, 0.4) is 0 Å². The number of hydrogen-bond donors (Lipinski definition) is 1. The normalized spacial score (nSPS) is 10.7. The molecule has 100 valence electrons. The molecule has 0 spiro atoms. The first-order chi connectivity index (χ1) is 9.72. The Morgan fingerprint density at radius 2 is 1.75 bits per heavy atom. The zero-order valence-electron chi connectivity index (χ0n) is 11.9. The van der Waals surface area contributed by atoms with Gasteiger partial charge in [0.05, 0.1) is 5.52 Å². The quantitative estimate of drug-likeness (QED) is 0.753. The summed E-state index contributed by atoms with van der Waals surface area (Å²) in [5.74, 6) is 0.965. The van der Waals surface area contributed by atoms with Crippen LogP contribution in [0.25, 0.3) is 10.9 Å². The molecule has 0 saturated heterocycles. The minimum Gasteiger partial charge on any atom is -0.366 e. The van der Waals surface area contributed by atoms with Crippen molar-refractivity contribution >= 4 is 16.7 Å². The topological polar surface area (TPSA) is 24.9 Å². The van der Waals surface area contributed by atoms with E-state index in [-0.39, 0.29) is 0 Å². The van der Waals surface area contributed by atoms with Gasteiger partial charge in [0, 0.05) is 11.9 Å². The van der Waals surface area contributed by atoms with Crippen LogP contribution in [-0.2, 0) is 6.54 Å². The molecule has 0 saturated carbocycles. The van der Waals surface area contributed by atoms with Crippen molar-refractivity contribution in [2.75, 3.05) is 5.32 Å². The first-order valence-electron chi connectivity index (χ1n) is 6.88. The average Bonchev–Trinajstić information content (AvgIpc) is 2.46. The molecule has 0 fully saturated rings. The molecule has 0 bridgehead atoms. The highest BCUT2D eigenvalue weighted by Crippen LogP contribution is 2.21. The number of benzene rings is 2. The van der Waals surface area contributed by atoms with E-state index in [1.165, 1.54) is 22.1 Å². The molecule has 1 heterocycles. The summed E-state index contributed by atoms with van der Waals surface area (Å²) in [6.45, 7) is 4.99. The van der Waals surface area contributed by atoms with Gasteiger partial charge in [-0.05, 0) is 42.7 Å². The van der Waals surface area contributed by atoms with Crippen LogP contribution in [0.2, 0.25) is 0 Å². The van der Waals surface area contributed by atoms with Crippen molar-refractivity contribution in [2.45, 2.75) is 20.4 Å². The van der Waals surface area contributed by atoms with Crippen molar-refractivity contribution in [1.82, 2.24) is 4.98 Å². The van der Waals surface area contributed by atoms with Gasteiger partial charge in [-0.15, -0.1) is 0 Å². The fourth-order valence-corrected chi connectivity index (χ4v) is 2.34. The monoisotopic (exact) mass is 262 g/mol. The van der Waals surface area contributed by atoms with Crippen LogP contribution in [0, 0.1) is 13.8 Å². The van der Waals surface area contributed by atoms with Crippen LogP contribution in [0.1, 0.15) is 16.7 Å². The van der Waals surface area contributed by atoms with Crippen LogP contribution >= 0.6 is 0 Å². The van der Waals surface area contributed by atoms with Crippen molar-refractivity contribution in [3.63, 3.8) is 0 Å². The maximum absolute atomic E-state index is 4.74. The highest BCUT2D eigenvalue weighted by Gasteiger charge is 2.03. The largest absolute Gasteiger partial charge is 0.366 e. The number of nitrogens with zero attached hydrogens (tertiary/aromatic N) is 1. The standard InChI is InChI=1S/C18H18N2/c1-13-8-9-16-11-14(2)18(20-17(16)10-13)19-12-15-6-4-3-5-7-15/h3-11H,12H2,1-2H3,(H,19,20). The van der Waals surface area contributed by atoms with Crippen LogP contribution in [0.5, 0.6) is 0 Å². The molecular formula is C18H18N2. The molecule has 0 aliphatic rings. The van der Waals surface area contributed by atoms with E-state index in [0.717, 1.165) is 17.9 Å². The third-order valence-electron chi connectivity index (χ3n) is 3.47. The molecular weight excluding hydrogens is 244 g/mol. The highest BCUT2D eigenvalue weighted by molar-refractivity contribution is 5.82. The minimum atomic E-state index is 0.798. The van der Waals surface area contributed by atoms with Gasteiger partial charge in [0.15, 0.2) is 0 Å². The molecule has 2 heteroatoms. The van der Waals surface area contributed by atoms with Gasteiger partial charge in [-0.3, -0.25) is 0 Å². The molecule has 1 aromatic heterocycles. The number of aryl methyl sites for hydroxylation is 2. The van der Waals surface area contributed by atoms with Crippen molar-refractivity contribution in [3.8, 4) is 0 Å². The van der Waals surface area contributed by atoms with E-state index in [0.29, 0.717) is 0 Å². The van der Waals surface area contributed by atoms with E-state index in [1.807, 2.05) is 6.07 Å². The van der Waals surface area contributed by atoms with Crippen molar-refractivity contribution in [3.05, 3.63) is 71.3 Å². The summed E-state index contributed by atoms with van der Waals surface area (Å²) < 4.78 is 0. The summed E-state index contributed by atoms with van der Waals surface area (Å²) in [5, 5.41) is 4.62. The number of anilines is 1. The minimum absolute atomic E-state index is 0.798. The maximum Gasteiger partial charge on any atom is 0.129 e. The summed E-state index contributed by atoms with van der Waals surface area (Å²) in [6, 6.07) is 19.0. The third kappa shape index (κ3) is 2.64. The maximum atomic E-state index is 4.74. The lowest BCUT2D eigenvalue weighted by atomic mass is 10.1. The lowest BCUT2D eigenvalue weighted by molar-refractivity contribution is 1.11. The molecule has 20 heavy (non-hydrogen) atoms. The van der Waals surface area contributed by atoms with E-state index in [2.05, 4.69) is 67.7 Å². The van der Waals surface area contributed by atoms with Gasteiger partial charge in [-0.25, -0.2) is 4.98 Å². The summed E-state index contributed by atoms with van der Waals surface area (Å²) >= 11 is 0. The number of hydrogen-bond acceptors (Lipinski definition) is 2. The van der Waals surface area contributed by atoms with Crippen molar-refractivity contribution in [2.24, 2.45) is 0 Å². The zero-order chi connectivity index (χ0) is 13.9. The number of fused-ring (bicyclic) bond motifs is 1. The average molecular weight is 262 g/mol. The SMILES string of the molecule is Cc1ccc2cc(C)c(NCc3ccccc3)nc2c1. The van der Waals surface area contributed by atoms with Gasteiger partial charge in [0.25, 0.3) is 0 Å². The molecule has 1 N–H and O–H groups in total. The lowest BCUT2D eigenvalue weighted by Gasteiger charge is -2.10. The molecule has 3 aromatic rings. The third-order valence-corrected chi connectivity index (χ3v) is 3.47. The first kappa shape index (κ1) is 12.7. The van der Waals surface area contributed by atoms with Crippen LogP contribution in [-0.4, -0.2) is 4.98 Å². The molecule has 2 nitrogen and oxygen atoms in total. The molecule has 0 aliphatic heterocycles. The van der Waals surface area contributed by atoms with Crippen LogP contribution < -0.4 is 5.32 Å². The predicted octanol–water partition coefficient (Wildman–Crippen LogP) is 4.46. The Morgan fingerprint density at radius 1 is 0.950 bits per heavy atom. The van der Waals surface area contributed by atoms with Gasteiger partial charge in [-0.1, -0.05) is 42.5 Å². The second kappa shape index (κ2) is 5.33. The van der Waals surface area contributed by atoms with Crippen LogP contribution in [0.4, 0.5) is 5.82 Å².